The predicted octanol–water partition coefficient (Wildman–Crippen LogP) is 2.74. The number of aromatic nitrogens is 1. The van der Waals surface area contributed by atoms with Crippen LogP contribution in [0.5, 0.6) is 0 Å². The fourth-order valence-electron chi connectivity index (χ4n) is 3.06. The summed E-state index contributed by atoms with van der Waals surface area (Å²) in [7, 11) is 0. The van der Waals surface area contributed by atoms with Gasteiger partial charge in [-0.05, 0) is 50.8 Å². The van der Waals surface area contributed by atoms with E-state index in [-0.39, 0.29) is 5.43 Å². The Kier molecular flexibility index (Phi) is 4.90. The van der Waals surface area contributed by atoms with Gasteiger partial charge in [0.1, 0.15) is 0 Å². The first-order chi connectivity index (χ1) is 10.7. The van der Waals surface area contributed by atoms with Gasteiger partial charge in [0.05, 0.1) is 0 Å². The first-order valence-electron chi connectivity index (χ1n) is 8.13. The molecule has 1 atom stereocenters. The zero-order chi connectivity index (χ0) is 15.4. The van der Waals surface area contributed by atoms with Crippen molar-refractivity contribution >= 4 is 10.9 Å². The molecule has 1 aromatic carbocycles. The van der Waals surface area contributed by atoms with Crippen molar-refractivity contribution in [1.82, 2.24) is 10.3 Å². The first-order valence-corrected chi connectivity index (χ1v) is 8.13. The molecule has 1 aromatic heterocycles. The quantitative estimate of drug-likeness (QED) is 0.807. The highest BCUT2D eigenvalue weighted by Crippen LogP contribution is 2.17. The molecule has 0 bridgehead atoms. The Balaban J connectivity index is 1.53. The maximum atomic E-state index is 12.2. The Bertz CT molecular complexity index is 687. The van der Waals surface area contributed by atoms with Crippen molar-refractivity contribution < 1.29 is 4.74 Å². The minimum Gasteiger partial charge on any atom is -0.381 e. The van der Waals surface area contributed by atoms with E-state index in [1.54, 1.807) is 6.07 Å². The largest absolute Gasteiger partial charge is 0.381 e. The van der Waals surface area contributed by atoms with E-state index in [4.69, 9.17) is 4.74 Å². The van der Waals surface area contributed by atoms with E-state index >= 15 is 0 Å². The van der Waals surface area contributed by atoms with E-state index in [1.807, 2.05) is 25.1 Å². The minimum atomic E-state index is 0.0948. The summed E-state index contributed by atoms with van der Waals surface area (Å²) in [5.41, 5.74) is 3.07. The SMILES string of the molecule is Cc1ccc2[nH]c(CNCCC[C@H]3CCOC3)cc(=O)c2c1. The minimum absolute atomic E-state index is 0.0948. The number of rotatable bonds is 6. The molecule has 0 amide bonds. The molecule has 0 aliphatic carbocycles. The molecule has 2 heterocycles. The molecule has 2 N–H and O–H groups in total. The summed E-state index contributed by atoms with van der Waals surface area (Å²) < 4.78 is 5.39. The fraction of sp³-hybridized carbons (Fsp3) is 0.500. The number of hydrogen-bond acceptors (Lipinski definition) is 3. The van der Waals surface area contributed by atoms with Crippen LogP contribution in [-0.4, -0.2) is 24.7 Å². The molecule has 0 unspecified atom stereocenters. The summed E-state index contributed by atoms with van der Waals surface area (Å²) in [5, 5.41) is 4.19. The lowest BCUT2D eigenvalue weighted by Gasteiger charge is -2.09. The van der Waals surface area contributed by atoms with Crippen molar-refractivity contribution in [3.63, 3.8) is 0 Å². The van der Waals surface area contributed by atoms with Gasteiger partial charge < -0.3 is 15.0 Å². The van der Waals surface area contributed by atoms with Crippen LogP contribution in [0.4, 0.5) is 0 Å². The number of benzene rings is 1. The summed E-state index contributed by atoms with van der Waals surface area (Å²) in [6, 6.07) is 7.66. The van der Waals surface area contributed by atoms with Crippen LogP contribution in [0.3, 0.4) is 0 Å². The molecule has 0 saturated carbocycles. The number of H-pyrrole nitrogens is 1. The highest BCUT2D eigenvalue weighted by Gasteiger charge is 2.14. The van der Waals surface area contributed by atoms with Crippen LogP contribution in [0.1, 0.15) is 30.5 Å². The third-order valence-corrected chi connectivity index (χ3v) is 4.35. The Morgan fingerprint density at radius 3 is 3.09 bits per heavy atom. The summed E-state index contributed by atoms with van der Waals surface area (Å²) in [4.78, 5) is 15.5. The maximum Gasteiger partial charge on any atom is 0.189 e. The van der Waals surface area contributed by atoms with E-state index in [2.05, 4.69) is 10.3 Å². The number of pyridine rings is 1. The second-order valence-electron chi connectivity index (χ2n) is 6.26. The summed E-state index contributed by atoms with van der Waals surface area (Å²) in [6.45, 7) is 5.54. The van der Waals surface area contributed by atoms with Crippen molar-refractivity contribution in [2.24, 2.45) is 5.92 Å². The van der Waals surface area contributed by atoms with Crippen LogP contribution in [0.15, 0.2) is 29.1 Å². The van der Waals surface area contributed by atoms with E-state index in [1.165, 1.54) is 12.8 Å². The Hall–Kier alpha value is -1.65. The van der Waals surface area contributed by atoms with Crippen molar-refractivity contribution in [1.29, 1.82) is 0 Å². The smallest absolute Gasteiger partial charge is 0.189 e. The molecule has 0 radical (unpaired) electrons. The number of hydrogen-bond donors (Lipinski definition) is 2. The Morgan fingerprint density at radius 1 is 1.36 bits per heavy atom. The van der Waals surface area contributed by atoms with Gasteiger partial charge in [0.2, 0.25) is 0 Å². The van der Waals surface area contributed by atoms with Crippen LogP contribution in [0, 0.1) is 12.8 Å². The first kappa shape index (κ1) is 15.3. The molecule has 0 spiro atoms. The molecular weight excluding hydrogens is 276 g/mol. The van der Waals surface area contributed by atoms with E-state index in [0.717, 1.165) is 54.3 Å². The maximum absolute atomic E-state index is 12.2. The van der Waals surface area contributed by atoms with Crippen molar-refractivity contribution in [2.45, 2.75) is 32.7 Å². The van der Waals surface area contributed by atoms with Gasteiger partial charge in [0, 0.05) is 42.4 Å². The molecule has 1 aliphatic rings. The summed E-state index contributed by atoms with van der Waals surface area (Å²) in [5.74, 6) is 0.741. The standard InChI is InChI=1S/C18H24N2O2/c1-13-4-5-17-16(9-13)18(21)10-15(20-17)11-19-7-2-3-14-6-8-22-12-14/h4-5,9-10,14,19H,2-3,6-8,11-12H2,1H3,(H,20,21)/t14-/m0/s1. The molecule has 118 valence electrons. The number of aromatic amines is 1. The van der Waals surface area contributed by atoms with Crippen molar-refractivity contribution in [3.05, 3.63) is 45.7 Å². The van der Waals surface area contributed by atoms with Crippen LogP contribution in [0.25, 0.3) is 10.9 Å². The third kappa shape index (κ3) is 3.76. The Morgan fingerprint density at radius 2 is 2.27 bits per heavy atom. The van der Waals surface area contributed by atoms with Gasteiger partial charge >= 0.3 is 0 Å². The average molecular weight is 300 g/mol. The topological polar surface area (TPSA) is 54.1 Å². The number of aryl methyl sites for hydroxylation is 1. The number of nitrogens with one attached hydrogen (secondary N) is 2. The van der Waals surface area contributed by atoms with Crippen molar-refractivity contribution in [3.8, 4) is 0 Å². The lowest BCUT2D eigenvalue weighted by atomic mass is 10.0. The molecule has 1 fully saturated rings. The van der Waals surface area contributed by atoms with E-state index < -0.39 is 0 Å². The number of ether oxygens (including phenoxy) is 1. The number of fused-ring (bicyclic) bond motifs is 1. The van der Waals surface area contributed by atoms with E-state index in [0.29, 0.717) is 6.54 Å². The van der Waals surface area contributed by atoms with Crippen molar-refractivity contribution in [2.75, 3.05) is 19.8 Å². The fourth-order valence-corrected chi connectivity index (χ4v) is 3.06. The second kappa shape index (κ2) is 7.07. The molecule has 4 nitrogen and oxygen atoms in total. The predicted molar refractivity (Wildman–Crippen MR) is 89.2 cm³/mol. The molecule has 2 aromatic rings. The second-order valence-corrected chi connectivity index (χ2v) is 6.26. The molecule has 3 rings (SSSR count). The van der Waals surface area contributed by atoms with Crippen LogP contribution < -0.4 is 10.7 Å². The van der Waals surface area contributed by atoms with Gasteiger partial charge in [-0.2, -0.15) is 0 Å². The molecule has 1 aliphatic heterocycles. The van der Waals surface area contributed by atoms with E-state index in [9.17, 15) is 4.79 Å². The normalized spacial score (nSPS) is 18.1. The van der Waals surface area contributed by atoms with Gasteiger partial charge in [-0.1, -0.05) is 11.6 Å². The van der Waals surface area contributed by atoms with Gasteiger partial charge in [-0.3, -0.25) is 4.79 Å². The average Bonchev–Trinajstić information content (AvgIpc) is 3.01. The van der Waals surface area contributed by atoms with Gasteiger partial charge in [0.15, 0.2) is 5.43 Å². The molecular formula is C18H24N2O2. The molecule has 1 saturated heterocycles. The summed E-state index contributed by atoms with van der Waals surface area (Å²) >= 11 is 0. The van der Waals surface area contributed by atoms with Gasteiger partial charge in [-0.15, -0.1) is 0 Å². The van der Waals surface area contributed by atoms with Crippen LogP contribution in [-0.2, 0) is 11.3 Å². The molecule has 4 heteroatoms. The summed E-state index contributed by atoms with van der Waals surface area (Å²) in [6.07, 6.45) is 3.59. The highest BCUT2D eigenvalue weighted by atomic mass is 16.5. The van der Waals surface area contributed by atoms with Crippen LogP contribution >= 0.6 is 0 Å². The van der Waals surface area contributed by atoms with Gasteiger partial charge in [0.25, 0.3) is 0 Å². The third-order valence-electron chi connectivity index (χ3n) is 4.35. The van der Waals surface area contributed by atoms with Gasteiger partial charge in [-0.25, -0.2) is 0 Å². The highest BCUT2D eigenvalue weighted by molar-refractivity contribution is 5.79. The lowest BCUT2D eigenvalue weighted by molar-refractivity contribution is 0.184. The zero-order valence-electron chi connectivity index (χ0n) is 13.2. The van der Waals surface area contributed by atoms with Crippen LogP contribution in [0.2, 0.25) is 0 Å². The molecule has 22 heavy (non-hydrogen) atoms. The lowest BCUT2D eigenvalue weighted by Crippen LogP contribution is -2.18. The Labute approximate surface area is 130 Å². The monoisotopic (exact) mass is 300 g/mol. The zero-order valence-corrected chi connectivity index (χ0v) is 13.2.